The summed E-state index contributed by atoms with van der Waals surface area (Å²) in [4.78, 5) is 11.2. The fourth-order valence-corrected chi connectivity index (χ4v) is 1.46. The molecule has 1 aromatic rings. The number of ether oxygens (including phenoxy) is 1. The summed E-state index contributed by atoms with van der Waals surface area (Å²) in [5, 5.41) is 0. The molecular formula is C11H11BrO2. The van der Waals surface area contributed by atoms with E-state index in [2.05, 4.69) is 22.5 Å². The van der Waals surface area contributed by atoms with E-state index in [1.54, 1.807) is 7.11 Å². The summed E-state index contributed by atoms with van der Waals surface area (Å²) in [5.74, 6) is 0.749. The lowest BCUT2D eigenvalue weighted by atomic mass is 10.1. The summed E-state index contributed by atoms with van der Waals surface area (Å²) in [6.45, 7) is 3.43. The molecule has 0 aliphatic heterocycles. The van der Waals surface area contributed by atoms with Gasteiger partial charge in [0.2, 0.25) is 0 Å². The van der Waals surface area contributed by atoms with Crippen LogP contribution in [0.3, 0.4) is 0 Å². The second kappa shape index (κ2) is 4.96. The molecular weight excluding hydrogens is 244 g/mol. The third-order valence-corrected chi connectivity index (χ3v) is 2.62. The number of halogens is 1. The molecule has 0 atom stereocenters. The van der Waals surface area contributed by atoms with Crippen LogP contribution in [0.15, 0.2) is 35.3 Å². The highest BCUT2D eigenvalue weighted by atomic mass is 79.9. The molecule has 74 valence electrons. The molecule has 0 bridgehead atoms. The third kappa shape index (κ3) is 2.70. The van der Waals surface area contributed by atoms with Crippen molar-refractivity contribution in [1.82, 2.24) is 0 Å². The SMILES string of the molecule is C=CC(=O)Cc1cc(OC)ccc1Br. The fraction of sp³-hybridized carbons (Fsp3) is 0.182. The minimum Gasteiger partial charge on any atom is -0.497 e. The van der Waals surface area contributed by atoms with Crippen LogP contribution >= 0.6 is 15.9 Å². The van der Waals surface area contributed by atoms with Crippen molar-refractivity contribution >= 4 is 21.7 Å². The van der Waals surface area contributed by atoms with E-state index in [9.17, 15) is 4.79 Å². The first-order valence-corrected chi connectivity index (χ1v) is 4.94. The molecule has 1 aromatic carbocycles. The molecule has 1 rings (SSSR count). The van der Waals surface area contributed by atoms with Crippen LogP contribution in [0.4, 0.5) is 0 Å². The lowest BCUT2D eigenvalue weighted by Crippen LogP contribution is -1.99. The average Bonchev–Trinajstić information content (AvgIpc) is 2.21. The quantitative estimate of drug-likeness (QED) is 0.773. The topological polar surface area (TPSA) is 26.3 Å². The number of allylic oxidation sites excluding steroid dienone is 1. The van der Waals surface area contributed by atoms with Gasteiger partial charge < -0.3 is 4.74 Å². The van der Waals surface area contributed by atoms with Gasteiger partial charge in [-0.05, 0) is 29.8 Å². The minimum atomic E-state index is -0.000969. The molecule has 0 heterocycles. The first-order valence-electron chi connectivity index (χ1n) is 4.15. The monoisotopic (exact) mass is 254 g/mol. The second-order valence-corrected chi connectivity index (χ2v) is 3.66. The average molecular weight is 255 g/mol. The molecule has 0 saturated carbocycles. The van der Waals surface area contributed by atoms with E-state index in [1.807, 2.05) is 18.2 Å². The van der Waals surface area contributed by atoms with Crippen molar-refractivity contribution < 1.29 is 9.53 Å². The summed E-state index contributed by atoms with van der Waals surface area (Å²) >= 11 is 3.38. The zero-order chi connectivity index (χ0) is 10.6. The van der Waals surface area contributed by atoms with Crippen LogP contribution in [0.2, 0.25) is 0 Å². The zero-order valence-corrected chi connectivity index (χ0v) is 9.50. The normalized spacial score (nSPS) is 9.57. The van der Waals surface area contributed by atoms with Crippen molar-refractivity contribution in [2.75, 3.05) is 7.11 Å². The van der Waals surface area contributed by atoms with Crippen LogP contribution < -0.4 is 4.74 Å². The molecule has 0 saturated heterocycles. The maximum atomic E-state index is 11.2. The van der Waals surface area contributed by atoms with Gasteiger partial charge in [0.25, 0.3) is 0 Å². The van der Waals surface area contributed by atoms with Gasteiger partial charge in [0.15, 0.2) is 5.78 Å². The van der Waals surface area contributed by atoms with E-state index in [1.165, 1.54) is 6.08 Å². The highest BCUT2D eigenvalue weighted by Crippen LogP contribution is 2.22. The van der Waals surface area contributed by atoms with Crippen molar-refractivity contribution in [1.29, 1.82) is 0 Å². The van der Waals surface area contributed by atoms with Crippen molar-refractivity contribution in [3.05, 3.63) is 40.9 Å². The highest BCUT2D eigenvalue weighted by molar-refractivity contribution is 9.10. The van der Waals surface area contributed by atoms with E-state index in [0.29, 0.717) is 6.42 Å². The summed E-state index contributed by atoms with van der Waals surface area (Å²) in [6, 6.07) is 5.54. The van der Waals surface area contributed by atoms with Crippen LogP contribution in [-0.4, -0.2) is 12.9 Å². The van der Waals surface area contributed by atoms with Gasteiger partial charge in [-0.15, -0.1) is 0 Å². The number of ketones is 1. The Kier molecular flexibility index (Phi) is 3.89. The molecule has 0 fully saturated rings. The molecule has 0 radical (unpaired) electrons. The molecule has 0 spiro atoms. The van der Waals surface area contributed by atoms with E-state index in [0.717, 1.165) is 15.8 Å². The van der Waals surface area contributed by atoms with Gasteiger partial charge in [0.05, 0.1) is 7.11 Å². The maximum absolute atomic E-state index is 11.2. The third-order valence-electron chi connectivity index (χ3n) is 1.85. The molecule has 2 nitrogen and oxygen atoms in total. The van der Waals surface area contributed by atoms with Gasteiger partial charge in [-0.1, -0.05) is 22.5 Å². The molecule has 3 heteroatoms. The lowest BCUT2D eigenvalue weighted by molar-refractivity contribution is -0.114. The number of hydrogen-bond donors (Lipinski definition) is 0. The number of rotatable bonds is 4. The Balaban J connectivity index is 2.94. The number of methoxy groups -OCH3 is 1. The van der Waals surface area contributed by atoms with E-state index in [4.69, 9.17) is 4.74 Å². The fourth-order valence-electron chi connectivity index (χ4n) is 1.07. The zero-order valence-electron chi connectivity index (χ0n) is 7.92. The molecule has 0 aromatic heterocycles. The van der Waals surface area contributed by atoms with Crippen LogP contribution in [0.25, 0.3) is 0 Å². The van der Waals surface area contributed by atoms with Gasteiger partial charge in [0, 0.05) is 10.9 Å². The number of benzene rings is 1. The summed E-state index contributed by atoms with van der Waals surface area (Å²) in [7, 11) is 1.60. The summed E-state index contributed by atoms with van der Waals surface area (Å²) in [6.07, 6.45) is 1.67. The lowest BCUT2D eigenvalue weighted by Gasteiger charge is -2.05. The number of carbonyl (C=O) groups excluding carboxylic acids is 1. The van der Waals surface area contributed by atoms with Gasteiger partial charge in [0.1, 0.15) is 5.75 Å². The van der Waals surface area contributed by atoms with Crippen LogP contribution in [-0.2, 0) is 11.2 Å². The molecule has 0 N–H and O–H groups in total. The first-order chi connectivity index (χ1) is 6.67. The Bertz CT molecular complexity index is 358. The van der Waals surface area contributed by atoms with Crippen molar-refractivity contribution in [3.63, 3.8) is 0 Å². The predicted molar refractivity (Wildman–Crippen MR) is 59.6 cm³/mol. The van der Waals surface area contributed by atoms with Crippen molar-refractivity contribution in [2.24, 2.45) is 0 Å². The van der Waals surface area contributed by atoms with Crippen molar-refractivity contribution in [2.45, 2.75) is 6.42 Å². The minimum absolute atomic E-state index is 0.000969. The van der Waals surface area contributed by atoms with E-state index >= 15 is 0 Å². The van der Waals surface area contributed by atoms with E-state index < -0.39 is 0 Å². The number of carbonyl (C=O) groups is 1. The van der Waals surface area contributed by atoms with Crippen LogP contribution in [0.5, 0.6) is 5.75 Å². The summed E-state index contributed by atoms with van der Waals surface area (Å²) in [5.41, 5.74) is 0.911. The Morgan fingerprint density at radius 2 is 2.36 bits per heavy atom. The number of hydrogen-bond acceptors (Lipinski definition) is 2. The van der Waals surface area contributed by atoms with Gasteiger partial charge in [-0.3, -0.25) is 4.79 Å². The Morgan fingerprint density at radius 1 is 1.64 bits per heavy atom. The van der Waals surface area contributed by atoms with Crippen LogP contribution in [0.1, 0.15) is 5.56 Å². The Morgan fingerprint density at radius 3 is 2.93 bits per heavy atom. The molecule has 0 aliphatic carbocycles. The van der Waals surface area contributed by atoms with Crippen molar-refractivity contribution in [3.8, 4) is 5.75 Å². The largest absolute Gasteiger partial charge is 0.497 e. The molecule has 14 heavy (non-hydrogen) atoms. The predicted octanol–water partition coefficient (Wildman–Crippen LogP) is 2.76. The molecule has 0 amide bonds. The standard InChI is InChI=1S/C11H11BrO2/c1-3-9(13)6-8-7-10(14-2)4-5-11(8)12/h3-5,7H,1,6H2,2H3. The Labute approximate surface area is 91.7 Å². The van der Waals surface area contributed by atoms with Gasteiger partial charge >= 0.3 is 0 Å². The molecule has 0 aliphatic rings. The maximum Gasteiger partial charge on any atom is 0.159 e. The van der Waals surface area contributed by atoms with Gasteiger partial charge in [-0.25, -0.2) is 0 Å². The van der Waals surface area contributed by atoms with Crippen LogP contribution in [0, 0.1) is 0 Å². The highest BCUT2D eigenvalue weighted by Gasteiger charge is 2.05. The second-order valence-electron chi connectivity index (χ2n) is 2.80. The van der Waals surface area contributed by atoms with Gasteiger partial charge in [-0.2, -0.15) is 0 Å². The smallest absolute Gasteiger partial charge is 0.159 e. The molecule has 0 unspecified atom stereocenters. The Hall–Kier alpha value is -1.09. The first kappa shape index (κ1) is 11.0. The summed E-state index contributed by atoms with van der Waals surface area (Å²) < 4.78 is 5.98. The van der Waals surface area contributed by atoms with E-state index in [-0.39, 0.29) is 5.78 Å².